The number of benzene rings is 1. The van der Waals surface area contributed by atoms with Crippen molar-refractivity contribution in [1.82, 2.24) is 0 Å². The van der Waals surface area contributed by atoms with Gasteiger partial charge in [-0.2, -0.15) is 0 Å². The minimum atomic E-state index is -0.587. The maximum Gasteiger partial charge on any atom is 0.348 e. The van der Waals surface area contributed by atoms with Crippen LogP contribution >= 0.6 is 11.3 Å². The lowest BCUT2D eigenvalue weighted by molar-refractivity contribution is 0.0561. The summed E-state index contributed by atoms with van der Waals surface area (Å²) in [6.45, 7) is 0. The molecular formula is C13H12O5S. The number of thiophene rings is 1. The molecule has 0 amide bonds. The molecule has 0 saturated carbocycles. The van der Waals surface area contributed by atoms with Gasteiger partial charge in [-0.15, -0.1) is 11.3 Å². The SMILES string of the molecule is COC(=O)c1sc2cccc(OC)c2c1C(=O)OC. The van der Waals surface area contributed by atoms with Gasteiger partial charge < -0.3 is 14.2 Å². The highest BCUT2D eigenvalue weighted by Gasteiger charge is 2.26. The quantitative estimate of drug-likeness (QED) is 0.808. The van der Waals surface area contributed by atoms with Crippen LogP contribution in [0, 0.1) is 0 Å². The fourth-order valence-electron chi connectivity index (χ4n) is 1.82. The van der Waals surface area contributed by atoms with E-state index in [1.54, 1.807) is 18.2 Å². The normalized spacial score (nSPS) is 10.3. The molecule has 1 aromatic carbocycles. The van der Waals surface area contributed by atoms with Crippen LogP contribution in [0.15, 0.2) is 18.2 Å². The van der Waals surface area contributed by atoms with Crippen LogP contribution in [0.4, 0.5) is 0 Å². The molecule has 0 saturated heterocycles. The number of esters is 2. The molecule has 0 N–H and O–H groups in total. The Balaban J connectivity index is 2.83. The Morgan fingerprint density at radius 3 is 2.32 bits per heavy atom. The molecule has 1 heterocycles. The average Bonchev–Trinajstić information content (AvgIpc) is 2.84. The van der Waals surface area contributed by atoms with Gasteiger partial charge >= 0.3 is 11.9 Å². The summed E-state index contributed by atoms with van der Waals surface area (Å²) in [4.78, 5) is 23.9. The molecule has 0 fully saturated rings. The van der Waals surface area contributed by atoms with Crippen LogP contribution < -0.4 is 4.74 Å². The molecule has 5 nitrogen and oxygen atoms in total. The second kappa shape index (κ2) is 5.27. The summed E-state index contributed by atoms with van der Waals surface area (Å²) in [7, 11) is 4.04. The van der Waals surface area contributed by atoms with E-state index in [9.17, 15) is 9.59 Å². The standard InChI is InChI=1S/C13H12O5S/c1-16-7-5-4-6-8-9(7)10(12(14)17-2)11(19-8)13(15)18-3/h4-6H,1-3H3. The lowest BCUT2D eigenvalue weighted by atomic mass is 10.1. The minimum Gasteiger partial charge on any atom is -0.496 e. The summed E-state index contributed by atoms with van der Waals surface area (Å²) in [5.74, 6) is -0.635. The van der Waals surface area contributed by atoms with E-state index in [0.29, 0.717) is 11.1 Å². The van der Waals surface area contributed by atoms with E-state index in [0.717, 1.165) is 4.70 Å². The minimum absolute atomic E-state index is 0.187. The maximum absolute atomic E-state index is 11.9. The molecule has 1 aromatic heterocycles. The molecule has 0 aliphatic carbocycles. The third-order valence-corrected chi connectivity index (χ3v) is 3.79. The van der Waals surface area contributed by atoms with Crippen LogP contribution in [0.25, 0.3) is 10.1 Å². The molecule has 0 aliphatic rings. The first-order valence-corrected chi connectivity index (χ1v) is 6.21. The van der Waals surface area contributed by atoms with E-state index in [4.69, 9.17) is 14.2 Å². The summed E-state index contributed by atoms with van der Waals surface area (Å²) >= 11 is 1.17. The van der Waals surface area contributed by atoms with E-state index in [1.807, 2.05) is 0 Å². The fourth-order valence-corrected chi connectivity index (χ4v) is 2.95. The van der Waals surface area contributed by atoms with Crippen molar-refractivity contribution in [3.05, 3.63) is 28.6 Å². The number of carbonyl (C=O) groups is 2. The highest BCUT2D eigenvalue weighted by Crippen LogP contribution is 2.38. The molecule has 6 heteroatoms. The van der Waals surface area contributed by atoms with Gasteiger partial charge in [0.1, 0.15) is 10.6 Å². The predicted octanol–water partition coefficient (Wildman–Crippen LogP) is 2.48. The Hall–Kier alpha value is -2.08. The van der Waals surface area contributed by atoms with Crippen molar-refractivity contribution >= 4 is 33.4 Å². The van der Waals surface area contributed by atoms with Crippen LogP contribution in [-0.2, 0) is 9.47 Å². The van der Waals surface area contributed by atoms with Crippen molar-refractivity contribution < 1.29 is 23.8 Å². The highest BCUT2D eigenvalue weighted by atomic mass is 32.1. The number of ether oxygens (including phenoxy) is 3. The monoisotopic (exact) mass is 280 g/mol. The van der Waals surface area contributed by atoms with Gasteiger partial charge in [-0.05, 0) is 12.1 Å². The van der Waals surface area contributed by atoms with Gasteiger partial charge in [-0.3, -0.25) is 0 Å². The van der Waals surface area contributed by atoms with Crippen molar-refractivity contribution in [3.8, 4) is 5.75 Å². The zero-order valence-corrected chi connectivity index (χ0v) is 11.5. The van der Waals surface area contributed by atoms with Gasteiger partial charge in [0.2, 0.25) is 0 Å². The molecule has 0 bridgehead atoms. The molecule has 100 valence electrons. The van der Waals surface area contributed by atoms with Gasteiger partial charge in [-0.25, -0.2) is 9.59 Å². The van der Waals surface area contributed by atoms with E-state index in [1.165, 1.54) is 32.7 Å². The van der Waals surface area contributed by atoms with Crippen LogP contribution in [0.2, 0.25) is 0 Å². The van der Waals surface area contributed by atoms with Crippen molar-refractivity contribution in [3.63, 3.8) is 0 Å². The number of fused-ring (bicyclic) bond motifs is 1. The summed E-state index contributed by atoms with van der Waals surface area (Å²) in [5, 5.41) is 0.572. The topological polar surface area (TPSA) is 61.8 Å². The molecule has 0 atom stereocenters. The first-order valence-electron chi connectivity index (χ1n) is 5.40. The Morgan fingerprint density at radius 1 is 1.05 bits per heavy atom. The smallest absolute Gasteiger partial charge is 0.348 e. The third kappa shape index (κ3) is 2.15. The lowest BCUT2D eigenvalue weighted by Crippen LogP contribution is -2.09. The largest absolute Gasteiger partial charge is 0.496 e. The average molecular weight is 280 g/mol. The Morgan fingerprint density at radius 2 is 1.74 bits per heavy atom. The Kier molecular flexibility index (Phi) is 3.71. The van der Waals surface area contributed by atoms with Gasteiger partial charge in [0.25, 0.3) is 0 Å². The van der Waals surface area contributed by atoms with E-state index >= 15 is 0 Å². The zero-order chi connectivity index (χ0) is 14.0. The van der Waals surface area contributed by atoms with Crippen molar-refractivity contribution in [2.45, 2.75) is 0 Å². The number of hydrogen-bond donors (Lipinski definition) is 0. The van der Waals surface area contributed by atoms with E-state index in [-0.39, 0.29) is 10.4 Å². The van der Waals surface area contributed by atoms with Gasteiger partial charge in [0.15, 0.2) is 0 Å². The van der Waals surface area contributed by atoms with Crippen LogP contribution in [-0.4, -0.2) is 33.3 Å². The maximum atomic E-state index is 11.9. The van der Waals surface area contributed by atoms with Crippen molar-refractivity contribution in [2.75, 3.05) is 21.3 Å². The summed E-state index contributed by atoms with van der Waals surface area (Å²) in [6, 6.07) is 5.32. The Bertz CT molecular complexity index is 644. The molecule has 0 aliphatic heterocycles. The second-order valence-corrected chi connectivity index (χ2v) is 4.67. The predicted molar refractivity (Wildman–Crippen MR) is 71.1 cm³/mol. The lowest BCUT2D eigenvalue weighted by Gasteiger charge is -2.04. The molecule has 2 rings (SSSR count). The number of rotatable bonds is 3. The van der Waals surface area contributed by atoms with Gasteiger partial charge in [0, 0.05) is 4.70 Å². The number of hydrogen-bond acceptors (Lipinski definition) is 6. The summed E-state index contributed by atoms with van der Waals surface area (Å²) in [5.41, 5.74) is 0.187. The zero-order valence-electron chi connectivity index (χ0n) is 10.7. The van der Waals surface area contributed by atoms with Crippen LogP contribution in [0.3, 0.4) is 0 Å². The van der Waals surface area contributed by atoms with Gasteiger partial charge in [0.05, 0.1) is 32.3 Å². The molecule has 0 radical (unpaired) electrons. The third-order valence-electron chi connectivity index (χ3n) is 2.66. The first-order chi connectivity index (χ1) is 9.13. The molecule has 19 heavy (non-hydrogen) atoms. The van der Waals surface area contributed by atoms with Crippen LogP contribution in [0.1, 0.15) is 20.0 Å². The van der Waals surface area contributed by atoms with Crippen LogP contribution in [0.5, 0.6) is 5.75 Å². The first kappa shape index (κ1) is 13.4. The Labute approximate surface area is 113 Å². The molecule has 0 unspecified atom stereocenters. The molecule has 2 aromatic rings. The number of carbonyl (C=O) groups excluding carboxylic acids is 2. The highest BCUT2D eigenvalue weighted by molar-refractivity contribution is 7.21. The molecule has 0 spiro atoms. The fraction of sp³-hybridized carbons (Fsp3) is 0.231. The molecular weight excluding hydrogens is 268 g/mol. The van der Waals surface area contributed by atoms with Crippen molar-refractivity contribution in [1.29, 1.82) is 0 Å². The number of methoxy groups -OCH3 is 3. The van der Waals surface area contributed by atoms with E-state index in [2.05, 4.69) is 0 Å². The van der Waals surface area contributed by atoms with Crippen molar-refractivity contribution in [2.24, 2.45) is 0 Å². The van der Waals surface area contributed by atoms with E-state index < -0.39 is 11.9 Å². The van der Waals surface area contributed by atoms with Gasteiger partial charge in [-0.1, -0.05) is 6.07 Å². The summed E-state index contributed by atoms with van der Waals surface area (Å²) in [6.07, 6.45) is 0. The second-order valence-electron chi connectivity index (χ2n) is 3.62. The summed E-state index contributed by atoms with van der Waals surface area (Å²) < 4.78 is 15.4.